The highest BCUT2D eigenvalue weighted by atomic mass is 31.2. The molecule has 75 heavy (non-hydrogen) atoms. The zero-order valence-corrected chi connectivity index (χ0v) is 46.0. The second-order valence-corrected chi connectivity index (χ2v) is 22.4. The number of halogens is 2. The predicted octanol–water partition coefficient (Wildman–Crippen LogP) is 0.0694. The summed E-state index contributed by atoms with van der Waals surface area (Å²) in [6.07, 6.45) is 0. The van der Waals surface area contributed by atoms with Crippen LogP contribution in [-0.2, 0) is 115 Å². The molecular weight excluding hydrogens is 1160 g/mol. The van der Waals surface area contributed by atoms with Gasteiger partial charge >= 0.3 is 46.9 Å². The van der Waals surface area contributed by atoms with Crippen molar-refractivity contribution in [2.45, 2.75) is 0 Å². The van der Waals surface area contributed by atoms with Gasteiger partial charge < -0.3 is 77.3 Å². The third-order valence-corrected chi connectivity index (χ3v) is 13.3. The second kappa shape index (κ2) is 45.7. The second-order valence-electron chi connectivity index (χ2n) is 13.9. The SMILES string of the molecule is O=P(O)(O)OCC(CNF)COP(=O)(O)OCCOCCOCCOP(=O)(O)OCCOCCOCCOP(=O)(O)OCCOCCOCCOP(=O)(O)OCCOCCOCCOP(=O)(O)OCC(CO)CNF. The number of phosphoric ester groups is 6. The standard InChI is InChI=1S/C32H72F2N2O33P6/c33-35-25-31(27-37)28-68-74(47,48)65-23-15-57-7-5-55-13-21-63-72(43,44)61-19-11-53-3-1-51-9-17-59-71(41,42)60-18-10-52-2-4-54-12-20-62-73(45,46)64-22-14-56-6-8-58-16-24-66-75(49,50)69-30-32(26-36-34)29-67-70(38,39)40/h31-32,35-37H,1-30H2,(H,41,42)(H,43,44)(H,45,46)(H,47,48)(H,49,50)(H2,38,39,40). The van der Waals surface area contributed by atoms with E-state index >= 15 is 0 Å². The summed E-state index contributed by atoms with van der Waals surface area (Å²) >= 11 is 0. The van der Waals surface area contributed by atoms with Crippen molar-refractivity contribution >= 4 is 46.9 Å². The molecule has 0 aromatic carbocycles. The van der Waals surface area contributed by atoms with Gasteiger partial charge in [0.1, 0.15) is 0 Å². The summed E-state index contributed by atoms with van der Waals surface area (Å²) in [4.78, 5) is 65.9. The van der Waals surface area contributed by atoms with Crippen LogP contribution in [0.1, 0.15) is 0 Å². The fraction of sp³-hybridized carbons (Fsp3) is 1.00. The quantitative estimate of drug-likeness (QED) is 0.0219. The van der Waals surface area contributed by atoms with Crippen LogP contribution in [0.3, 0.4) is 0 Å². The van der Waals surface area contributed by atoms with Crippen molar-refractivity contribution in [1.29, 1.82) is 0 Å². The minimum absolute atomic E-state index is 0.000597. The van der Waals surface area contributed by atoms with Crippen LogP contribution in [-0.4, -0.2) is 237 Å². The van der Waals surface area contributed by atoms with E-state index in [0.29, 0.717) is 0 Å². The maximum Gasteiger partial charge on any atom is 0.472 e. The van der Waals surface area contributed by atoms with Gasteiger partial charge in [-0.1, -0.05) is 0 Å². The smallest absolute Gasteiger partial charge is 0.396 e. The molecule has 0 radical (unpaired) electrons. The van der Waals surface area contributed by atoms with Gasteiger partial charge in [-0.2, -0.15) is 11.1 Å². The zero-order valence-electron chi connectivity index (χ0n) is 40.6. The Morgan fingerprint density at radius 3 is 0.693 bits per heavy atom. The summed E-state index contributed by atoms with van der Waals surface area (Å²) in [7, 11) is -27.2. The minimum atomic E-state index is -4.85. The fourth-order valence-corrected chi connectivity index (χ4v) is 8.35. The Balaban J connectivity index is 3.69. The molecule has 7 atom stereocenters. The Labute approximate surface area is 430 Å². The Morgan fingerprint density at radius 1 is 0.293 bits per heavy atom. The van der Waals surface area contributed by atoms with E-state index in [1.165, 1.54) is 11.1 Å². The van der Waals surface area contributed by atoms with E-state index in [-0.39, 0.29) is 159 Å². The van der Waals surface area contributed by atoms with E-state index in [1.54, 1.807) is 0 Å². The van der Waals surface area contributed by atoms with Crippen molar-refractivity contribution < 1.29 is 163 Å². The highest BCUT2D eigenvalue weighted by molar-refractivity contribution is 7.48. The van der Waals surface area contributed by atoms with E-state index in [9.17, 15) is 60.8 Å². The number of aliphatic hydroxyl groups is 1. The molecule has 0 aliphatic rings. The molecule has 0 amide bonds. The lowest BCUT2D eigenvalue weighted by Gasteiger charge is -2.18. The normalized spacial score (nSPS) is 17.2. The van der Waals surface area contributed by atoms with E-state index < -0.39 is 98.4 Å². The van der Waals surface area contributed by atoms with Crippen LogP contribution in [0.4, 0.5) is 8.96 Å². The average molecular weight is 1240 g/mol. The van der Waals surface area contributed by atoms with Crippen molar-refractivity contribution in [3.8, 4) is 0 Å². The van der Waals surface area contributed by atoms with Crippen LogP contribution >= 0.6 is 46.9 Å². The molecule has 0 heterocycles. The number of phosphoric acid groups is 6. The van der Waals surface area contributed by atoms with Gasteiger partial charge in [0.15, 0.2) is 0 Å². The summed E-state index contributed by atoms with van der Waals surface area (Å²) in [5.74, 6) is -1.79. The van der Waals surface area contributed by atoms with Crippen LogP contribution in [0.15, 0.2) is 0 Å². The van der Waals surface area contributed by atoms with Crippen molar-refractivity contribution in [2.24, 2.45) is 11.8 Å². The first-order chi connectivity index (χ1) is 35.5. The van der Waals surface area contributed by atoms with Gasteiger partial charge in [0.05, 0.1) is 178 Å². The lowest BCUT2D eigenvalue weighted by molar-refractivity contribution is 0.00675. The molecule has 0 aliphatic heterocycles. The van der Waals surface area contributed by atoms with E-state index in [2.05, 4.69) is 22.6 Å². The molecule has 0 fully saturated rings. The Bertz CT molecular complexity index is 1690. The average Bonchev–Trinajstić information content (AvgIpc) is 3.33. The van der Waals surface area contributed by atoms with Gasteiger partial charge in [-0.3, -0.25) is 49.8 Å². The molecule has 43 heteroatoms. The maximum atomic E-state index is 12.4. The Morgan fingerprint density at radius 2 is 0.480 bits per heavy atom. The summed E-state index contributed by atoms with van der Waals surface area (Å²) in [5.41, 5.74) is 2.55. The first kappa shape index (κ1) is 75.1. The molecule has 0 aromatic heterocycles. The summed E-state index contributed by atoms with van der Waals surface area (Å²) in [6, 6.07) is 0. The molecule has 0 bridgehead atoms. The third-order valence-electron chi connectivity index (χ3n) is 7.76. The molecule has 35 nitrogen and oxygen atoms in total. The lowest BCUT2D eigenvalue weighted by Crippen LogP contribution is -2.25. The van der Waals surface area contributed by atoms with Gasteiger partial charge in [-0.05, 0) is 0 Å². The van der Waals surface area contributed by atoms with Gasteiger partial charge in [0.25, 0.3) is 0 Å². The number of ether oxygens (including phenoxy) is 8. The van der Waals surface area contributed by atoms with Crippen LogP contribution in [0.25, 0.3) is 0 Å². The number of hydrogen-bond donors (Lipinski definition) is 10. The van der Waals surface area contributed by atoms with E-state index in [1.807, 2.05) is 0 Å². The molecule has 0 saturated heterocycles. The van der Waals surface area contributed by atoms with Crippen LogP contribution in [0, 0.1) is 11.8 Å². The molecule has 0 aliphatic carbocycles. The van der Waals surface area contributed by atoms with Gasteiger partial charge in [-0.25, -0.2) is 27.4 Å². The topological polar surface area (TPSA) is 464 Å². The van der Waals surface area contributed by atoms with Crippen LogP contribution < -0.4 is 11.1 Å². The number of nitrogens with one attached hydrogen (secondary N) is 2. The first-order valence-corrected chi connectivity index (χ1v) is 31.2. The first-order valence-electron chi connectivity index (χ1n) is 22.1. The molecule has 0 rings (SSSR count). The Hall–Kier alpha value is 0.0800. The minimum Gasteiger partial charge on any atom is -0.396 e. The van der Waals surface area contributed by atoms with Gasteiger partial charge in [0, 0.05) is 31.5 Å². The predicted molar refractivity (Wildman–Crippen MR) is 245 cm³/mol. The summed E-state index contributed by atoms with van der Waals surface area (Å²) < 4.78 is 188. The largest absolute Gasteiger partial charge is 0.472 e. The number of hydrogen-bond acceptors (Lipinski definition) is 28. The van der Waals surface area contributed by atoms with Crippen LogP contribution in [0.2, 0.25) is 0 Å². The summed E-state index contributed by atoms with van der Waals surface area (Å²) in [5, 5.41) is 9.02. The maximum absolute atomic E-state index is 12.4. The molecule has 0 spiro atoms. The zero-order chi connectivity index (χ0) is 56.2. The monoisotopic (exact) mass is 1240 g/mol. The van der Waals surface area contributed by atoms with E-state index in [4.69, 9.17) is 79.9 Å². The third kappa shape index (κ3) is 51.9. The van der Waals surface area contributed by atoms with Crippen molar-refractivity contribution in [1.82, 2.24) is 11.1 Å². The fourth-order valence-electron chi connectivity index (χ4n) is 4.33. The van der Waals surface area contributed by atoms with E-state index in [0.717, 1.165) is 0 Å². The number of aliphatic hydroxyl groups excluding tert-OH is 1. The lowest BCUT2D eigenvalue weighted by atomic mass is 10.2. The molecule has 0 aromatic rings. The van der Waals surface area contributed by atoms with Crippen molar-refractivity contribution in [3.05, 3.63) is 0 Å². The molecule has 10 N–H and O–H groups in total. The molecule has 452 valence electrons. The van der Waals surface area contributed by atoms with Crippen LogP contribution in [0.5, 0.6) is 0 Å². The Kier molecular flexibility index (Phi) is 45.7. The van der Waals surface area contributed by atoms with Crippen molar-refractivity contribution in [2.75, 3.05) is 198 Å². The molecule has 0 saturated carbocycles. The highest BCUT2D eigenvalue weighted by Crippen LogP contribution is 2.46. The molecular formula is C32H72F2N2O33P6. The van der Waals surface area contributed by atoms with Gasteiger partial charge in [-0.15, -0.1) is 8.96 Å². The molecule has 7 unspecified atom stereocenters. The highest BCUT2D eigenvalue weighted by Gasteiger charge is 2.27. The number of rotatable bonds is 58. The van der Waals surface area contributed by atoms with Crippen molar-refractivity contribution in [3.63, 3.8) is 0 Å². The summed E-state index contributed by atoms with van der Waals surface area (Å²) in [6.45, 7) is -6.26. The van der Waals surface area contributed by atoms with Gasteiger partial charge in [0.2, 0.25) is 0 Å².